The smallest absolute Gasteiger partial charge is 0.417 e. The molecule has 0 aliphatic carbocycles. The number of hydrogen-bond acceptors (Lipinski definition) is 8. The zero-order chi connectivity index (χ0) is 19.8. The fraction of sp³-hybridized carbons (Fsp3) is 0.556. The minimum Gasteiger partial charge on any atom is -0.463 e. The first-order valence-corrected chi connectivity index (χ1v) is 8.28. The van der Waals surface area contributed by atoms with Crippen molar-refractivity contribution >= 4 is 23.7 Å². The molecule has 0 atom stereocenters. The maximum absolute atomic E-state index is 11.4. The van der Waals surface area contributed by atoms with Crippen molar-refractivity contribution in [2.45, 2.75) is 32.6 Å². The van der Waals surface area contributed by atoms with Crippen LogP contribution in [0.2, 0.25) is 0 Å². The highest BCUT2D eigenvalue weighted by Gasteiger charge is 2.16. The molecule has 0 N–H and O–H groups in total. The molecule has 0 heterocycles. The zero-order valence-electron chi connectivity index (χ0n) is 15.1. The Morgan fingerprint density at radius 3 is 1.73 bits per heavy atom. The normalized spacial score (nSPS) is 9.88. The number of unbranched alkanes of at least 4 members (excludes halogenated alkanes) is 2. The van der Waals surface area contributed by atoms with Crippen LogP contribution in [-0.2, 0) is 38.1 Å². The third-order valence-corrected chi connectivity index (χ3v) is 3.04. The molecule has 26 heavy (non-hydrogen) atoms. The quantitative estimate of drug-likeness (QED) is 0.149. The van der Waals surface area contributed by atoms with Crippen LogP contribution in [0.3, 0.4) is 0 Å². The van der Waals surface area contributed by atoms with E-state index in [1.807, 2.05) is 0 Å². The molecule has 0 amide bonds. The summed E-state index contributed by atoms with van der Waals surface area (Å²) in [5.41, 5.74) is 0.401. The van der Waals surface area contributed by atoms with Gasteiger partial charge in [0, 0.05) is 18.3 Å². The van der Waals surface area contributed by atoms with Crippen LogP contribution in [0.4, 0.5) is 0 Å². The molecule has 0 aromatic carbocycles. The molecule has 0 aromatic rings. The summed E-state index contributed by atoms with van der Waals surface area (Å²) in [6.07, 6.45) is 3.13. The van der Waals surface area contributed by atoms with Crippen molar-refractivity contribution in [2.24, 2.45) is 0 Å². The summed E-state index contributed by atoms with van der Waals surface area (Å²) in [4.78, 5) is 44.4. The van der Waals surface area contributed by atoms with Gasteiger partial charge in [-0.3, -0.25) is 4.79 Å². The van der Waals surface area contributed by atoms with Crippen molar-refractivity contribution in [1.82, 2.24) is 0 Å². The largest absolute Gasteiger partial charge is 0.463 e. The number of carbonyl (C=O) groups is 4. The number of ether oxygens (including phenoxy) is 4. The molecule has 0 fully saturated rings. The fourth-order valence-corrected chi connectivity index (χ4v) is 1.49. The van der Waals surface area contributed by atoms with Crippen molar-refractivity contribution in [3.05, 3.63) is 24.8 Å². The Labute approximate surface area is 153 Å². The monoisotopic (exact) mass is 370 g/mol. The number of rotatable bonds is 14. The van der Waals surface area contributed by atoms with E-state index in [0.29, 0.717) is 37.9 Å². The summed E-state index contributed by atoms with van der Waals surface area (Å²) < 4.78 is 19.5. The molecule has 0 spiro atoms. The Bertz CT molecular complexity index is 509. The molecule has 0 aliphatic rings. The number of hydrogen-bond donors (Lipinski definition) is 0. The Morgan fingerprint density at radius 1 is 0.808 bits per heavy atom. The second-order valence-electron chi connectivity index (χ2n) is 5.27. The average Bonchev–Trinajstić information content (AvgIpc) is 2.62. The summed E-state index contributed by atoms with van der Waals surface area (Å²) in [7, 11) is 0. The van der Waals surface area contributed by atoms with E-state index < -0.39 is 17.9 Å². The Kier molecular flexibility index (Phi) is 13.4. The van der Waals surface area contributed by atoms with Gasteiger partial charge < -0.3 is 18.9 Å². The van der Waals surface area contributed by atoms with E-state index in [1.54, 1.807) is 0 Å². The van der Waals surface area contributed by atoms with Crippen molar-refractivity contribution in [1.29, 1.82) is 0 Å². The zero-order valence-corrected chi connectivity index (χ0v) is 15.1. The number of esters is 3. The van der Waals surface area contributed by atoms with Crippen molar-refractivity contribution in [2.75, 3.05) is 33.0 Å². The van der Waals surface area contributed by atoms with Crippen molar-refractivity contribution in [3.63, 3.8) is 0 Å². The lowest BCUT2D eigenvalue weighted by Crippen LogP contribution is -2.21. The van der Waals surface area contributed by atoms with E-state index in [4.69, 9.17) is 18.9 Å². The Morgan fingerprint density at radius 2 is 1.27 bits per heavy atom. The van der Waals surface area contributed by atoms with E-state index in [2.05, 4.69) is 13.2 Å². The van der Waals surface area contributed by atoms with Crippen LogP contribution >= 0.6 is 0 Å². The first kappa shape index (κ1) is 23.5. The molecule has 146 valence electrons. The second kappa shape index (κ2) is 14.8. The van der Waals surface area contributed by atoms with Gasteiger partial charge in [0.15, 0.2) is 5.78 Å². The molecule has 0 bridgehead atoms. The van der Waals surface area contributed by atoms with E-state index in [9.17, 15) is 19.2 Å². The lowest BCUT2D eigenvalue weighted by molar-refractivity contribution is -0.167. The Balaban J connectivity index is 3.55. The highest BCUT2D eigenvalue weighted by Crippen LogP contribution is 1.98. The molecule has 0 saturated carbocycles. The summed E-state index contributed by atoms with van der Waals surface area (Å²) in [6.45, 7) is 9.10. The van der Waals surface area contributed by atoms with E-state index in [1.165, 1.54) is 6.92 Å². The molecule has 0 aromatic heterocycles. The van der Waals surface area contributed by atoms with Gasteiger partial charge in [0.1, 0.15) is 0 Å². The maximum Gasteiger partial charge on any atom is 0.417 e. The fourth-order valence-electron chi connectivity index (χ4n) is 1.49. The van der Waals surface area contributed by atoms with Gasteiger partial charge in [-0.1, -0.05) is 13.2 Å². The molecule has 0 unspecified atom stereocenters. The standard InChI is InChI=1S/C18H26O8/c1-4-16(20)24-10-7-8-12-26-18(22)17(21)25-11-6-5-9-23-13-14(2)15(3)19/h4H,1-2,5-13H2,3H3. The molecule has 8 heteroatoms. The van der Waals surface area contributed by atoms with Crippen molar-refractivity contribution in [3.8, 4) is 0 Å². The lowest BCUT2D eigenvalue weighted by Gasteiger charge is -2.07. The van der Waals surface area contributed by atoms with Crippen LogP contribution in [0.25, 0.3) is 0 Å². The van der Waals surface area contributed by atoms with Crippen LogP contribution in [0, 0.1) is 0 Å². The minimum atomic E-state index is -1.05. The Hall–Kier alpha value is -2.48. The first-order valence-electron chi connectivity index (χ1n) is 8.28. The number of Topliss-reactive ketones (excluding diaryl/α,β-unsaturated/α-hetero) is 1. The van der Waals surface area contributed by atoms with Gasteiger partial charge in [0.25, 0.3) is 0 Å². The predicted molar refractivity (Wildman–Crippen MR) is 92.2 cm³/mol. The van der Waals surface area contributed by atoms with Crippen LogP contribution in [0.1, 0.15) is 32.6 Å². The SMILES string of the molecule is C=CC(=O)OCCCCOC(=O)C(=O)OCCCCOCC(=C)C(C)=O. The third-order valence-electron chi connectivity index (χ3n) is 3.04. The summed E-state index contributed by atoms with van der Waals surface area (Å²) in [6, 6.07) is 0. The summed E-state index contributed by atoms with van der Waals surface area (Å²) in [5.74, 6) is -2.73. The highest BCUT2D eigenvalue weighted by molar-refractivity contribution is 6.29. The van der Waals surface area contributed by atoms with Gasteiger partial charge in [-0.15, -0.1) is 0 Å². The highest BCUT2D eigenvalue weighted by atomic mass is 16.6. The van der Waals surface area contributed by atoms with Crippen LogP contribution < -0.4 is 0 Å². The first-order chi connectivity index (χ1) is 12.4. The average molecular weight is 370 g/mol. The van der Waals surface area contributed by atoms with Crippen molar-refractivity contribution < 1.29 is 38.1 Å². The molecular weight excluding hydrogens is 344 g/mol. The van der Waals surface area contributed by atoms with Crippen LogP contribution in [0.15, 0.2) is 24.8 Å². The van der Waals surface area contributed by atoms with Gasteiger partial charge in [0.05, 0.1) is 26.4 Å². The maximum atomic E-state index is 11.4. The molecule has 0 rings (SSSR count). The van der Waals surface area contributed by atoms with Gasteiger partial charge in [-0.25, -0.2) is 14.4 Å². The number of ketones is 1. The van der Waals surface area contributed by atoms with Crippen LogP contribution in [0.5, 0.6) is 0 Å². The van der Waals surface area contributed by atoms with E-state index in [0.717, 1.165) is 6.08 Å². The van der Waals surface area contributed by atoms with E-state index >= 15 is 0 Å². The van der Waals surface area contributed by atoms with E-state index in [-0.39, 0.29) is 32.2 Å². The lowest BCUT2D eigenvalue weighted by atomic mass is 10.2. The second-order valence-corrected chi connectivity index (χ2v) is 5.27. The third kappa shape index (κ3) is 12.9. The van der Waals surface area contributed by atoms with Gasteiger partial charge in [-0.05, 0) is 32.6 Å². The van der Waals surface area contributed by atoms with Crippen LogP contribution in [-0.4, -0.2) is 56.7 Å². The van der Waals surface area contributed by atoms with Gasteiger partial charge in [0.2, 0.25) is 0 Å². The summed E-state index contributed by atoms with van der Waals surface area (Å²) >= 11 is 0. The molecule has 0 aliphatic heterocycles. The molecule has 0 radical (unpaired) electrons. The van der Waals surface area contributed by atoms with Gasteiger partial charge in [-0.2, -0.15) is 0 Å². The number of carbonyl (C=O) groups excluding carboxylic acids is 4. The molecule has 8 nitrogen and oxygen atoms in total. The predicted octanol–water partition coefficient (Wildman–Crippen LogP) is 1.52. The summed E-state index contributed by atoms with van der Waals surface area (Å²) in [5, 5.41) is 0. The molecular formula is C18H26O8. The van der Waals surface area contributed by atoms with Gasteiger partial charge >= 0.3 is 17.9 Å². The topological polar surface area (TPSA) is 105 Å². The minimum absolute atomic E-state index is 0.0352. The molecule has 0 saturated heterocycles.